The van der Waals surface area contributed by atoms with Gasteiger partial charge in [0, 0.05) is 19.8 Å². The van der Waals surface area contributed by atoms with Crippen LogP contribution in [-0.4, -0.2) is 30.2 Å². The Kier molecular flexibility index (Phi) is 4.57. The summed E-state index contributed by atoms with van der Waals surface area (Å²) in [7, 11) is 0. The molecule has 0 bridgehead atoms. The van der Waals surface area contributed by atoms with Crippen LogP contribution in [0.5, 0.6) is 0 Å². The van der Waals surface area contributed by atoms with Crippen LogP contribution in [0.25, 0.3) is 0 Å². The molecule has 0 unspecified atom stereocenters. The standard InChI is InChI=1S/C14H19N3O3/c15-12(17-19)14(6-8-20-9-7-14)13(18)16-10-11-4-2-1-3-5-11/h1-5,19H,6-10H2,(H2,15,17)(H,16,18). The second-order valence-electron chi connectivity index (χ2n) is 4.85. The van der Waals surface area contributed by atoms with E-state index in [0.29, 0.717) is 32.6 Å². The number of amidine groups is 1. The largest absolute Gasteiger partial charge is 0.409 e. The fourth-order valence-corrected chi connectivity index (χ4v) is 2.36. The van der Waals surface area contributed by atoms with Crippen LogP contribution >= 0.6 is 0 Å². The molecule has 1 heterocycles. The monoisotopic (exact) mass is 277 g/mol. The van der Waals surface area contributed by atoms with Gasteiger partial charge < -0.3 is 21.0 Å². The molecule has 1 aliphatic heterocycles. The van der Waals surface area contributed by atoms with E-state index in [4.69, 9.17) is 15.7 Å². The van der Waals surface area contributed by atoms with Gasteiger partial charge in [-0.05, 0) is 18.4 Å². The van der Waals surface area contributed by atoms with E-state index in [1.54, 1.807) is 0 Å². The highest BCUT2D eigenvalue weighted by molar-refractivity contribution is 6.06. The normalized spacial score (nSPS) is 18.5. The zero-order chi connectivity index (χ0) is 14.4. The lowest BCUT2D eigenvalue weighted by Crippen LogP contribution is -2.52. The van der Waals surface area contributed by atoms with Crippen LogP contribution in [0.15, 0.2) is 35.5 Å². The molecule has 0 aliphatic carbocycles. The van der Waals surface area contributed by atoms with Crippen molar-refractivity contribution in [2.24, 2.45) is 16.3 Å². The Balaban J connectivity index is 2.07. The molecule has 1 saturated heterocycles. The first-order chi connectivity index (χ1) is 9.69. The number of oxime groups is 1. The molecule has 1 amide bonds. The Hall–Kier alpha value is -2.08. The van der Waals surface area contributed by atoms with Crippen LogP contribution in [0.3, 0.4) is 0 Å². The van der Waals surface area contributed by atoms with Crippen molar-refractivity contribution < 1.29 is 14.7 Å². The third-order valence-corrected chi connectivity index (χ3v) is 3.67. The molecular weight excluding hydrogens is 258 g/mol. The number of hydrogen-bond acceptors (Lipinski definition) is 4. The highest BCUT2D eigenvalue weighted by atomic mass is 16.5. The summed E-state index contributed by atoms with van der Waals surface area (Å²) in [5.41, 5.74) is 5.77. The number of carbonyl (C=O) groups excluding carboxylic acids is 1. The maximum absolute atomic E-state index is 12.5. The number of nitrogens with one attached hydrogen (secondary N) is 1. The smallest absolute Gasteiger partial charge is 0.234 e. The second kappa shape index (κ2) is 6.38. The van der Waals surface area contributed by atoms with Crippen molar-refractivity contribution in [2.75, 3.05) is 13.2 Å². The molecule has 2 rings (SSSR count). The predicted octanol–water partition coefficient (Wildman–Crippen LogP) is 0.846. The molecule has 0 radical (unpaired) electrons. The number of rotatable bonds is 4. The Morgan fingerprint density at radius 2 is 2.00 bits per heavy atom. The zero-order valence-electron chi connectivity index (χ0n) is 11.2. The molecular formula is C14H19N3O3. The average Bonchev–Trinajstić information content (AvgIpc) is 2.53. The van der Waals surface area contributed by atoms with Crippen LogP contribution in [0, 0.1) is 5.41 Å². The molecule has 20 heavy (non-hydrogen) atoms. The SMILES string of the molecule is NC(=NO)C1(C(=O)NCc2ccccc2)CCOCC1. The van der Waals surface area contributed by atoms with E-state index in [1.807, 2.05) is 30.3 Å². The van der Waals surface area contributed by atoms with Crippen LogP contribution in [0.1, 0.15) is 18.4 Å². The van der Waals surface area contributed by atoms with E-state index < -0.39 is 5.41 Å². The van der Waals surface area contributed by atoms with Crippen molar-refractivity contribution in [3.8, 4) is 0 Å². The van der Waals surface area contributed by atoms with Gasteiger partial charge in [0.2, 0.25) is 5.91 Å². The van der Waals surface area contributed by atoms with E-state index in [2.05, 4.69) is 10.5 Å². The summed E-state index contributed by atoms with van der Waals surface area (Å²) >= 11 is 0. The van der Waals surface area contributed by atoms with Gasteiger partial charge in [0.1, 0.15) is 5.41 Å². The lowest BCUT2D eigenvalue weighted by atomic mass is 9.78. The number of ether oxygens (including phenoxy) is 1. The molecule has 1 aromatic rings. The van der Waals surface area contributed by atoms with E-state index >= 15 is 0 Å². The van der Waals surface area contributed by atoms with E-state index in [1.165, 1.54) is 0 Å². The van der Waals surface area contributed by atoms with E-state index in [-0.39, 0.29) is 11.7 Å². The van der Waals surface area contributed by atoms with Crippen molar-refractivity contribution in [3.05, 3.63) is 35.9 Å². The number of benzene rings is 1. The molecule has 0 aromatic heterocycles. The first kappa shape index (κ1) is 14.3. The summed E-state index contributed by atoms with van der Waals surface area (Å²) in [5.74, 6) is -0.272. The van der Waals surface area contributed by atoms with Crippen molar-refractivity contribution in [1.82, 2.24) is 5.32 Å². The summed E-state index contributed by atoms with van der Waals surface area (Å²) in [6.45, 7) is 1.27. The molecule has 1 fully saturated rings. The Morgan fingerprint density at radius 1 is 1.35 bits per heavy atom. The third-order valence-electron chi connectivity index (χ3n) is 3.67. The second-order valence-corrected chi connectivity index (χ2v) is 4.85. The van der Waals surface area contributed by atoms with Crippen LogP contribution in [0.2, 0.25) is 0 Å². The Morgan fingerprint density at radius 3 is 2.60 bits per heavy atom. The predicted molar refractivity (Wildman–Crippen MR) is 74.2 cm³/mol. The van der Waals surface area contributed by atoms with Gasteiger partial charge in [-0.15, -0.1) is 0 Å². The third kappa shape index (κ3) is 2.91. The van der Waals surface area contributed by atoms with Crippen LogP contribution in [0.4, 0.5) is 0 Å². The topological polar surface area (TPSA) is 96.9 Å². The molecule has 108 valence electrons. The number of hydrogen-bond donors (Lipinski definition) is 3. The van der Waals surface area contributed by atoms with Crippen molar-refractivity contribution >= 4 is 11.7 Å². The van der Waals surface area contributed by atoms with Gasteiger partial charge in [0.25, 0.3) is 0 Å². The van der Waals surface area contributed by atoms with Gasteiger partial charge >= 0.3 is 0 Å². The molecule has 6 nitrogen and oxygen atoms in total. The Bertz CT molecular complexity index is 482. The zero-order valence-corrected chi connectivity index (χ0v) is 11.2. The lowest BCUT2D eigenvalue weighted by Gasteiger charge is -2.34. The summed E-state index contributed by atoms with van der Waals surface area (Å²) in [6.07, 6.45) is 0.840. The van der Waals surface area contributed by atoms with E-state index in [0.717, 1.165) is 5.56 Å². The summed E-state index contributed by atoms with van der Waals surface area (Å²) in [4.78, 5) is 12.5. The molecule has 0 atom stereocenters. The molecule has 6 heteroatoms. The van der Waals surface area contributed by atoms with Gasteiger partial charge in [0.05, 0.1) is 0 Å². The van der Waals surface area contributed by atoms with Crippen molar-refractivity contribution in [3.63, 3.8) is 0 Å². The van der Waals surface area contributed by atoms with Gasteiger partial charge in [-0.1, -0.05) is 35.5 Å². The number of amides is 1. The molecule has 0 saturated carbocycles. The summed E-state index contributed by atoms with van der Waals surface area (Å²) < 4.78 is 5.26. The van der Waals surface area contributed by atoms with Gasteiger partial charge in [-0.25, -0.2) is 0 Å². The Labute approximate surface area is 117 Å². The van der Waals surface area contributed by atoms with Crippen LogP contribution in [-0.2, 0) is 16.1 Å². The first-order valence-electron chi connectivity index (χ1n) is 6.57. The number of nitrogens with two attached hydrogens (primary N) is 1. The quantitative estimate of drug-likeness (QED) is 0.329. The number of nitrogens with zero attached hydrogens (tertiary/aromatic N) is 1. The molecule has 1 aromatic carbocycles. The minimum Gasteiger partial charge on any atom is -0.409 e. The van der Waals surface area contributed by atoms with Gasteiger partial charge in [-0.2, -0.15) is 0 Å². The molecule has 0 spiro atoms. The van der Waals surface area contributed by atoms with E-state index in [9.17, 15) is 4.79 Å². The maximum Gasteiger partial charge on any atom is 0.234 e. The highest BCUT2D eigenvalue weighted by Gasteiger charge is 2.44. The van der Waals surface area contributed by atoms with Crippen LogP contribution < -0.4 is 11.1 Å². The summed E-state index contributed by atoms with van der Waals surface area (Å²) in [6, 6.07) is 9.60. The lowest BCUT2D eigenvalue weighted by molar-refractivity contribution is -0.131. The average molecular weight is 277 g/mol. The fourth-order valence-electron chi connectivity index (χ4n) is 2.36. The summed E-state index contributed by atoms with van der Waals surface area (Å²) in [5, 5.41) is 14.8. The maximum atomic E-state index is 12.5. The minimum atomic E-state index is -0.970. The first-order valence-corrected chi connectivity index (χ1v) is 6.57. The fraction of sp³-hybridized carbons (Fsp3) is 0.429. The minimum absolute atomic E-state index is 0.0497. The molecule has 4 N–H and O–H groups in total. The van der Waals surface area contributed by atoms with Crippen molar-refractivity contribution in [1.29, 1.82) is 0 Å². The molecule has 1 aliphatic rings. The van der Waals surface area contributed by atoms with Gasteiger partial charge in [-0.3, -0.25) is 4.79 Å². The van der Waals surface area contributed by atoms with Crippen molar-refractivity contribution in [2.45, 2.75) is 19.4 Å². The highest BCUT2D eigenvalue weighted by Crippen LogP contribution is 2.31. The number of carbonyl (C=O) groups is 1. The van der Waals surface area contributed by atoms with Gasteiger partial charge in [0.15, 0.2) is 5.84 Å².